The third-order valence-electron chi connectivity index (χ3n) is 11.8. The molecule has 0 aliphatic heterocycles. The van der Waals surface area contributed by atoms with Crippen molar-refractivity contribution in [3.05, 3.63) is 12.2 Å². The second kappa shape index (κ2) is 45.8. The molecule has 0 bridgehead atoms. The Balaban J connectivity index is 4.07. The third kappa shape index (κ3) is 50.1. The molecule has 0 aromatic heterocycles. The first-order valence-electron chi connectivity index (χ1n) is 26.4. The number of allylic oxidation sites excluding steroid dienone is 2. The third-order valence-corrected chi connectivity index (χ3v) is 12.8. The molecule has 0 aliphatic rings. The monoisotopic (exact) mass is 886 g/mol. The summed E-state index contributed by atoms with van der Waals surface area (Å²) < 4.78 is 34.8. The smallest absolute Gasteiger partial charge is 0.306 e. The van der Waals surface area contributed by atoms with Gasteiger partial charge in [-0.2, -0.15) is 0 Å². The number of carbonyl (C=O) groups excluding carboxylic acids is 1. The molecule has 0 radical (unpaired) electrons. The van der Waals surface area contributed by atoms with Crippen LogP contribution in [0, 0.1) is 0 Å². The average Bonchev–Trinajstić information content (AvgIpc) is 3.22. The van der Waals surface area contributed by atoms with Crippen molar-refractivity contribution in [1.82, 2.24) is 0 Å². The molecule has 2 unspecified atom stereocenters. The molecule has 0 aromatic rings. The van der Waals surface area contributed by atoms with Crippen LogP contribution in [0.25, 0.3) is 0 Å². The number of carbonyl (C=O) groups is 1. The van der Waals surface area contributed by atoms with Gasteiger partial charge in [-0.05, 0) is 38.5 Å². The van der Waals surface area contributed by atoms with Gasteiger partial charge in [0, 0.05) is 13.0 Å². The summed E-state index contributed by atoms with van der Waals surface area (Å²) in [5.74, 6) is -0.328. The van der Waals surface area contributed by atoms with Crippen LogP contribution in [0.1, 0.15) is 258 Å². The first-order chi connectivity index (χ1) is 29.6. The van der Waals surface area contributed by atoms with E-state index in [2.05, 4.69) is 26.0 Å². The van der Waals surface area contributed by atoms with Gasteiger partial charge in [0.2, 0.25) is 0 Å². The molecule has 0 aromatic carbocycles. The quantitative estimate of drug-likeness (QED) is 0.0197. The molecule has 0 N–H and O–H groups in total. The number of hydrogen-bond acceptors (Lipinski definition) is 7. The van der Waals surface area contributed by atoms with Crippen molar-refractivity contribution < 1.29 is 37.3 Å². The number of rotatable bonds is 50. The Labute approximate surface area is 380 Å². The van der Waals surface area contributed by atoms with E-state index in [1.165, 1.54) is 205 Å². The molecule has 2 atom stereocenters. The normalized spacial score (nSPS) is 13.6. The predicted octanol–water partition coefficient (Wildman–Crippen LogP) is 15.5. The summed E-state index contributed by atoms with van der Waals surface area (Å²) in [4.78, 5) is 25.2. The van der Waals surface area contributed by atoms with E-state index in [1.54, 1.807) is 0 Å². The molecule has 0 aliphatic carbocycles. The fourth-order valence-electron chi connectivity index (χ4n) is 7.72. The maximum absolute atomic E-state index is 12.8. The van der Waals surface area contributed by atoms with Crippen molar-refractivity contribution >= 4 is 13.8 Å². The summed E-state index contributed by atoms with van der Waals surface area (Å²) in [5.41, 5.74) is 0. The van der Waals surface area contributed by atoms with Crippen LogP contribution in [0.15, 0.2) is 12.2 Å². The highest BCUT2D eigenvalue weighted by molar-refractivity contribution is 7.45. The fourth-order valence-corrected chi connectivity index (χ4v) is 8.45. The summed E-state index contributed by atoms with van der Waals surface area (Å²) in [7, 11) is 1.37. The first kappa shape index (κ1) is 60.2. The largest absolute Gasteiger partial charge is 0.756 e. The number of phosphoric ester groups is 1. The van der Waals surface area contributed by atoms with Gasteiger partial charge in [0.05, 0.1) is 34.4 Å². The zero-order valence-corrected chi connectivity index (χ0v) is 42.3. The summed E-state index contributed by atoms with van der Waals surface area (Å²) in [6.45, 7) is 5.48. The topological polar surface area (TPSA) is 94.1 Å². The Bertz CT molecular complexity index is 987. The van der Waals surface area contributed by atoms with E-state index in [0.29, 0.717) is 24.1 Å². The zero-order valence-electron chi connectivity index (χ0n) is 41.4. The van der Waals surface area contributed by atoms with Crippen LogP contribution >= 0.6 is 7.82 Å². The van der Waals surface area contributed by atoms with E-state index in [0.717, 1.165) is 32.1 Å². The lowest BCUT2D eigenvalue weighted by Gasteiger charge is -2.28. The predicted molar refractivity (Wildman–Crippen MR) is 259 cm³/mol. The van der Waals surface area contributed by atoms with Crippen LogP contribution in [0.2, 0.25) is 0 Å². The molecule has 0 heterocycles. The van der Waals surface area contributed by atoms with Crippen molar-refractivity contribution in [2.24, 2.45) is 0 Å². The first-order valence-corrected chi connectivity index (χ1v) is 27.9. The molecule has 9 heteroatoms. The van der Waals surface area contributed by atoms with Crippen LogP contribution in [0.4, 0.5) is 0 Å². The number of ether oxygens (including phenoxy) is 2. The van der Waals surface area contributed by atoms with Gasteiger partial charge in [-0.15, -0.1) is 0 Å². The van der Waals surface area contributed by atoms with Crippen LogP contribution in [-0.4, -0.2) is 70.7 Å². The second-order valence-corrected chi connectivity index (χ2v) is 20.7. The van der Waals surface area contributed by atoms with Crippen LogP contribution in [0.3, 0.4) is 0 Å². The number of esters is 1. The highest BCUT2D eigenvalue weighted by Gasteiger charge is 2.20. The van der Waals surface area contributed by atoms with Gasteiger partial charge in [-0.1, -0.05) is 225 Å². The lowest BCUT2D eigenvalue weighted by molar-refractivity contribution is -0.870. The van der Waals surface area contributed by atoms with Gasteiger partial charge in [0.1, 0.15) is 19.3 Å². The van der Waals surface area contributed by atoms with E-state index in [1.807, 2.05) is 21.1 Å². The Hall–Kier alpha value is -0.760. The second-order valence-electron chi connectivity index (χ2n) is 19.2. The van der Waals surface area contributed by atoms with E-state index in [9.17, 15) is 14.3 Å². The van der Waals surface area contributed by atoms with Crippen molar-refractivity contribution in [3.63, 3.8) is 0 Å². The van der Waals surface area contributed by atoms with Crippen molar-refractivity contribution in [2.75, 3.05) is 54.1 Å². The highest BCUT2D eigenvalue weighted by Crippen LogP contribution is 2.38. The maximum Gasteiger partial charge on any atom is 0.306 e. The van der Waals surface area contributed by atoms with Crippen LogP contribution < -0.4 is 4.89 Å². The lowest BCUT2D eigenvalue weighted by Crippen LogP contribution is -2.37. The molecule has 0 saturated heterocycles. The molecule has 8 nitrogen and oxygen atoms in total. The van der Waals surface area contributed by atoms with Gasteiger partial charge in [0.25, 0.3) is 7.82 Å². The molecule has 0 saturated carbocycles. The molecule has 0 rings (SSSR count). The van der Waals surface area contributed by atoms with Gasteiger partial charge in [-0.3, -0.25) is 9.36 Å². The SMILES string of the molecule is CCCCCCCCCC/C=C\CCCCCCCCCCCCCC(=O)OC(COCCCCCCCCCCCCCCCCCC)COP(=O)([O-])OCC[N+](C)(C)C. The minimum Gasteiger partial charge on any atom is -0.756 e. The summed E-state index contributed by atoms with van der Waals surface area (Å²) in [6.07, 6.45) is 52.3. The molecule has 0 amide bonds. The molecular formula is C52H104NO7P. The van der Waals surface area contributed by atoms with Crippen molar-refractivity contribution in [1.29, 1.82) is 0 Å². The van der Waals surface area contributed by atoms with Crippen molar-refractivity contribution in [2.45, 2.75) is 264 Å². The summed E-state index contributed by atoms with van der Waals surface area (Å²) >= 11 is 0. The molecule has 61 heavy (non-hydrogen) atoms. The minimum absolute atomic E-state index is 0.0298. The Morgan fingerprint density at radius 2 is 0.852 bits per heavy atom. The molecular weight excluding hydrogens is 782 g/mol. The summed E-state index contributed by atoms with van der Waals surface area (Å²) in [5, 5.41) is 0. The lowest BCUT2D eigenvalue weighted by atomic mass is 10.0. The van der Waals surface area contributed by atoms with E-state index in [-0.39, 0.29) is 25.8 Å². The Morgan fingerprint density at radius 3 is 1.25 bits per heavy atom. The minimum atomic E-state index is -4.52. The van der Waals surface area contributed by atoms with Gasteiger partial charge in [-0.25, -0.2) is 0 Å². The Morgan fingerprint density at radius 1 is 0.492 bits per heavy atom. The average molecular weight is 886 g/mol. The van der Waals surface area contributed by atoms with Gasteiger partial charge >= 0.3 is 5.97 Å². The number of nitrogens with zero attached hydrogens (tertiary/aromatic N) is 1. The van der Waals surface area contributed by atoms with Gasteiger partial charge in [0.15, 0.2) is 0 Å². The Kier molecular flexibility index (Phi) is 45.2. The standard InChI is InChI=1S/C52H104NO7P/c1-6-8-10-12-14-16-18-20-22-24-25-26-27-28-29-30-31-33-35-37-39-41-43-45-52(54)60-51(50-59-61(55,56)58-48-46-53(3,4)5)49-57-47-44-42-40-38-36-34-32-23-21-19-17-15-13-11-9-7-2/h24-25,51H,6-23,26-50H2,1-5H3/b25-24-. The number of quaternary nitrogens is 1. The van der Waals surface area contributed by atoms with Gasteiger partial charge < -0.3 is 27.9 Å². The fraction of sp³-hybridized carbons (Fsp3) is 0.942. The molecule has 0 spiro atoms. The highest BCUT2D eigenvalue weighted by atomic mass is 31.2. The number of unbranched alkanes of at least 4 members (excludes halogenated alkanes) is 34. The van der Waals surface area contributed by atoms with E-state index < -0.39 is 13.9 Å². The summed E-state index contributed by atoms with van der Waals surface area (Å²) in [6, 6.07) is 0. The number of likely N-dealkylation sites (N-methyl/N-ethyl adjacent to an activating group) is 1. The maximum atomic E-state index is 12.8. The molecule has 364 valence electrons. The number of hydrogen-bond donors (Lipinski definition) is 0. The van der Waals surface area contributed by atoms with E-state index in [4.69, 9.17) is 18.5 Å². The van der Waals surface area contributed by atoms with Crippen LogP contribution in [0.5, 0.6) is 0 Å². The van der Waals surface area contributed by atoms with E-state index >= 15 is 0 Å². The van der Waals surface area contributed by atoms with Crippen molar-refractivity contribution in [3.8, 4) is 0 Å². The number of phosphoric acid groups is 1. The van der Waals surface area contributed by atoms with Crippen LogP contribution in [-0.2, 0) is 27.9 Å². The molecule has 0 fully saturated rings. The zero-order chi connectivity index (χ0) is 44.8.